The third-order valence-corrected chi connectivity index (χ3v) is 11.1. The highest BCUT2D eigenvalue weighted by Crippen LogP contribution is 2.36. The highest BCUT2D eigenvalue weighted by Gasteiger charge is 2.34. The van der Waals surface area contributed by atoms with E-state index in [0.29, 0.717) is 6.42 Å². The lowest BCUT2D eigenvalue weighted by molar-refractivity contribution is 0.480. The topological polar surface area (TPSA) is 54.4 Å². The van der Waals surface area contributed by atoms with Crippen LogP contribution in [-0.4, -0.2) is 26.8 Å². The third-order valence-electron chi connectivity index (χ3n) is 3.88. The van der Waals surface area contributed by atoms with E-state index in [2.05, 4.69) is 41.5 Å². The highest BCUT2D eigenvalue weighted by molar-refractivity contribution is 7.85. The van der Waals surface area contributed by atoms with E-state index in [1.807, 2.05) is 0 Å². The standard InChI is InChI=1S/C16H36O3SSi/c1-14(2)11-21(12-15(3)4,13-16(5)6)10-8-7-9-20(17,18)19/h14-16H,7-13H2,1-6H3,(H,17,18,19). The first kappa shape index (κ1) is 21.1. The molecule has 21 heavy (non-hydrogen) atoms. The summed E-state index contributed by atoms with van der Waals surface area (Å²) in [6.45, 7) is 13.8. The Morgan fingerprint density at radius 2 is 1.19 bits per heavy atom. The summed E-state index contributed by atoms with van der Waals surface area (Å²) >= 11 is 0. The molecule has 0 aliphatic rings. The molecule has 0 atom stereocenters. The summed E-state index contributed by atoms with van der Waals surface area (Å²) in [4.78, 5) is 0. The van der Waals surface area contributed by atoms with Gasteiger partial charge in [-0.1, -0.05) is 72.1 Å². The minimum atomic E-state index is -3.80. The van der Waals surface area contributed by atoms with Crippen LogP contribution in [0, 0.1) is 17.8 Å². The van der Waals surface area contributed by atoms with Gasteiger partial charge in [-0.2, -0.15) is 8.42 Å². The average molecular weight is 337 g/mol. The molecule has 5 heteroatoms. The molecule has 0 aromatic rings. The van der Waals surface area contributed by atoms with Gasteiger partial charge in [0.1, 0.15) is 0 Å². The van der Waals surface area contributed by atoms with Crippen molar-refractivity contribution in [3.05, 3.63) is 0 Å². The van der Waals surface area contributed by atoms with Gasteiger partial charge in [-0.3, -0.25) is 4.55 Å². The van der Waals surface area contributed by atoms with Crippen LogP contribution in [0.3, 0.4) is 0 Å². The minimum Gasteiger partial charge on any atom is -0.286 e. The Labute approximate surface area is 133 Å². The number of hydrogen-bond acceptors (Lipinski definition) is 2. The predicted octanol–water partition coefficient (Wildman–Crippen LogP) is 5.07. The molecule has 0 amide bonds. The van der Waals surface area contributed by atoms with E-state index < -0.39 is 18.2 Å². The summed E-state index contributed by atoms with van der Waals surface area (Å²) in [5.41, 5.74) is 0. The predicted molar refractivity (Wildman–Crippen MR) is 95.1 cm³/mol. The van der Waals surface area contributed by atoms with Gasteiger partial charge in [0.2, 0.25) is 0 Å². The first-order chi connectivity index (χ1) is 9.46. The highest BCUT2D eigenvalue weighted by atomic mass is 32.2. The monoisotopic (exact) mass is 336 g/mol. The average Bonchev–Trinajstić information content (AvgIpc) is 2.19. The second kappa shape index (κ2) is 9.31. The second-order valence-corrected chi connectivity index (χ2v) is 14.3. The fourth-order valence-corrected chi connectivity index (χ4v) is 11.8. The summed E-state index contributed by atoms with van der Waals surface area (Å²) in [7, 11) is -5.15. The molecule has 0 heterocycles. The normalized spacial score (nSPS) is 13.6. The molecule has 0 radical (unpaired) electrons. The molecule has 0 spiro atoms. The molecule has 0 aromatic carbocycles. The molecule has 0 aromatic heterocycles. The van der Waals surface area contributed by atoms with Crippen LogP contribution in [-0.2, 0) is 10.1 Å². The van der Waals surface area contributed by atoms with E-state index in [4.69, 9.17) is 4.55 Å². The van der Waals surface area contributed by atoms with Crippen molar-refractivity contribution >= 4 is 18.2 Å². The van der Waals surface area contributed by atoms with Crippen molar-refractivity contribution < 1.29 is 13.0 Å². The maximum absolute atomic E-state index is 10.9. The minimum absolute atomic E-state index is 0.0808. The van der Waals surface area contributed by atoms with Crippen LogP contribution in [0.2, 0.25) is 24.2 Å². The summed E-state index contributed by atoms with van der Waals surface area (Å²) in [5.74, 6) is 2.07. The first-order valence-electron chi connectivity index (χ1n) is 8.41. The van der Waals surface area contributed by atoms with Crippen molar-refractivity contribution in [3.8, 4) is 0 Å². The van der Waals surface area contributed by atoms with Crippen LogP contribution in [0.15, 0.2) is 0 Å². The lowest BCUT2D eigenvalue weighted by Crippen LogP contribution is -2.38. The van der Waals surface area contributed by atoms with Crippen LogP contribution in [0.5, 0.6) is 0 Å². The van der Waals surface area contributed by atoms with Crippen molar-refractivity contribution in [3.63, 3.8) is 0 Å². The van der Waals surface area contributed by atoms with Crippen molar-refractivity contribution in [1.29, 1.82) is 0 Å². The summed E-state index contributed by atoms with van der Waals surface area (Å²) < 4.78 is 30.6. The van der Waals surface area contributed by atoms with Gasteiger partial charge in [0, 0.05) is 0 Å². The molecule has 0 rings (SSSR count). The van der Waals surface area contributed by atoms with Crippen molar-refractivity contribution in [2.45, 2.75) is 78.6 Å². The Kier molecular flexibility index (Phi) is 9.36. The molecule has 0 aliphatic heterocycles. The number of rotatable bonds is 11. The smallest absolute Gasteiger partial charge is 0.264 e. The van der Waals surface area contributed by atoms with Crippen LogP contribution in [0.25, 0.3) is 0 Å². The summed E-state index contributed by atoms with van der Waals surface area (Å²) in [6.07, 6.45) is 1.54. The Morgan fingerprint density at radius 3 is 1.48 bits per heavy atom. The lowest BCUT2D eigenvalue weighted by Gasteiger charge is -2.37. The van der Waals surface area contributed by atoms with E-state index in [9.17, 15) is 8.42 Å². The Hall–Kier alpha value is 0.127. The molecular weight excluding hydrogens is 300 g/mol. The SMILES string of the molecule is CC(C)C[Si](CCCCS(=O)(=O)O)(CC(C)C)CC(C)C. The van der Waals surface area contributed by atoms with Crippen molar-refractivity contribution in [2.24, 2.45) is 17.8 Å². The molecule has 0 bridgehead atoms. The molecule has 1 N–H and O–H groups in total. The Balaban J connectivity index is 4.80. The van der Waals surface area contributed by atoms with Gasteiger partial charge >= 0.3 is 0 Å². The molecule has 0 saturated carbocycles. The molecular formula is C16H36O3SSi. The Bertz CT molecular complexity index is 348. The van der Waals surface area contributed by atoms with Gasteiger partial charge in [0.25, 0.3) is 10.1 Å². The molecule has 0 fully saturated rings. The van der Waals surface area contributed by atoms with Gasteiger partial charge in [0.15, 0.2) is 0 Å². The maximum Gasteiger partial charge on any atom is 0.264 e. The van der Waals surface area contributed by atoms with E-state index in [0.717, 1.165) is 24.2 Å². The molecule has 3 nitrogen and oxygen atoms in total. The van der Waals surface area contributed by atoms with Crippen LogP contribution in [0.1, 0.15) is 54.4 Å². The van der Waals surface area contributed by atoms with Crippen LogP contribution in [0.4, 0.5) is 0 Å². The van der Waals surface area contributed by atoms with E-state index >= 15 is 0 Å². The number of unbranched alkanes of at least 4 members (excludes halogenated alkanes) is 1. The van der Waals surface area contributed by atoms with E-state index in [1.165, 1.54) is 24.2 Å². The molecule has 0 aliphatic carbocycles. The zero-order valence-electron chi connectivity index (χ0n) is 14.9. The lowest BCUT2D eigenvalue weighted by atomic mass is 10.2. The number of hydrogen-bond donors (Lipinski definition) is 1. The van der Waals surface area contributed by atoms with Crippen LogP contribution >= 0.6 is 0 Å². The van der Waals surface area contributed by atoms with Gasteiger partial charge in [-0.15, -0.1) is 0 Å². The quantitative estimate of drug-likeness (QED) is 0.325. The fraction of sp³-hybridized carbons (Fsp3) is 1.00. The summed E-state index contributed by atoms with van der Waals surface area (Å²) in [5, 5.41) is 0. The van der Waals surface area contributed by atoms with Gasteiger partial charge < -0.3 is 0 Å². The fourth-order valence-electron chi connectivity index (χ4n) is 3.94. The van der Waals surface area contributed by atoms with Crippen molar-refractivity contribution in [2.75, 3.05) is 5.75 Å². The largest absolute Gasteiger partial charge is 0.286 e. The zero-order valence-corrected chi connectivity index (χ0v) is 16.7. The summed E-state index contributed by atoms with van der Waals surface area (Å²) in [6, 6.07) is 5.23. The maximum atomic E-state index is 10.9. The van der Waals surface area contributed by atoms with E-state index in [-0.39, 0.29) is 5.75 Å². The van der Waals surface area contributed by atoms with E-state index in [1.54, 1.807) is 0 Å². The zero-order chi connectivity index (χ0) is 16.7. The van der Waals surface area contributed by atoms with Gasteiger partial charge in [-0.05, 0) is 24.2 Å². The van der Waals surface area contributed by atoms with Gasteiger partial charge in [-0.25, -0.2) is 0 Å². The second-order valence-electron chi connectivity index (χ2n) is 8.04. The third kappa shape index (κ3) is 11.4. The molecule has 0 saturated heterocycles. The van der Waals surface area contributed by atoms with Crippen molar-refractivity contribution in [1.82, 2.24) is 0 Å². The Morgan fingerprint density at radius 1 is 0.810 bits per heavy atom. The molecule has 128 valence electrons. The van der Waals surface area contributed by atoms with Gasteiger partial charge in [0.05, 0.1) is 13.8 Å². The first-order valence-corrected chi connectivity index (χ1v) is 12.8. The molecule has 0 unspecified atom stereocenters. The van der Waals surface area contributed by atoms with Crippen LogP contribution < -0.4 is 0 Å².